The molecular formula is C16H24N2O. The van der Waals surface area contributed by atoms with Gasteiger partial charge in [-0.3, -0.25) is 4.79 Å². The van der Waals surface area contributed by atoms with E-state index in [0.29, 0.717) is 12.5 Å². The number of anilines is 1. The Morgan fingerprint density at radius 3 is 2.74 bits per heavy atom. The average molecular weight is 260 g/mol. The van der Waals surface area contributed by atoms with E-state index in [1.54, 1.807) is 0 Å². The Morgan fingerprint density at radius 1 is 1.37 bits per heavy atom. The zero-order valence-electron chi connectivity index (χ0n) is 12.1. The third-order valence-electron chi connectivity index (χ3n) is 3.60. The Kier molecular flexibility index (Phi) is 4.25. The van der Waals surface area contributed by atoms with E-state index in [1.807, 2.05) is 18.2 Å². The molecule has 1 atom stereocenters. The second-order valence-electron chi connectivity index (χ2n) is 6.34. The fraction of sp³-hybridized carbons (Fsp3) is 0.562. The highest BCUT2D eigenvalue weighted by Gasteiger charge is 2.21. The summed E-state index contributed by atoms with van der Waals surface area (Å²) in [6.45, 7) is 7.53. The predicted octanol–water partition coefficient (Wildman–Crippen LogP) is 3.06. The Morgan fingerprint density at radius 2 is 2.11 bits per heavy atom. The average Bonchev–Trinajstić information content (AvgIpc) is 2.81. The van der Waals surface area contributed by atoms with Gasteiger partial charge in [-0.25, -0.2) is 0 Å². The van der Waals surface area contributed by atoms with Crippen LogP contribution in [0.4, 0.5) is 5.69 Å². The van der Waals surface area contributed by atoms with Crippen molar-refractivity contribution in [3.63, 3.8) is 0 Å². The van der Waals surface area contributed by atoms with Crippen molar-refractivity contribution < 1.29 is 4.79 Å². The Hall–Kier alpha value is -1.35. The molecule has 1 amide bonds. The smallest absolute Gasteiger partial charge is 0.225 e. The topological polar surface area (TPSA) is 41.1 Å². The molecule has 2 N–H and O–H groups in total. The molecule has 1 fully saturated rings. The molecule has 1 aromatic rings. The molecule has 1 aromatic carbocycles. The molecule has 1 aliphatic rings. The van der Waals surface area contributed by atoms with Gasteiger partial charge in [-0.05, 0) is 36.4 Å². The summed E-state index contributed by atoms with van der Waals surface area (Å²) in [5.74, 6) is 0.108. The van der Waals surface area contributed by atoms with Gasteiger partial charge in [0.1, 0.15) is 0 Å². The largest absolute Gasteiger partial charge is 0.326 e. The first-order valence-electron chi connectivity index (χ1n) is 7.09. The molecule has 1 saturated heterocycles. The van der Waals surface area contributed by atoms with Crippen molar-refractivity contribution in [3.05, 3.63) is 29.8 Å². The minimum Gasteiger partial charge on any atom is -0.326 e. The van der Waals surface area contributed by atoms with Crippen molar-refractivity contribution in [2.75, 3.05) is 11.9 Å². The maximum absolute atomic E-state index is 12.1. The van der Waals surface area contributed by atoms with Crippen LogP contribution in [0.2, 0.25) is 0 Å². The molecule has 1 heterocycles. The summed E-state index contributed by atoms with van der Waals surface area (Å²) in [5.41, 5.74) is 2.16. The van der Waals surface area contributed by atoms with E-state index in [9.17, 15) is 4.79 Å². The number of carbonyl (C=O) groups excluding carboxylic acids is 1. The number of amides is 1. The normalized spacial score (nSPS) is 19.4. The van der Waals surface area contributed by atoms with Crippen molar-refractivity contribution >= 4 is 11.6 Å². The summed E-state index contributed by atoms with van der Waals surface area (Å²) in [6, 6.07) is 8.42. The van der Waals surface area contributed by atoms with E-state index < -0.39 is 0 Å². The molecule has 2 rings (SSSR count). The summed E-state index contributed by atoms with van der Waals surface area (Å²) in [5, 5.41) is 6.42. The van der Waals surface area contributed by atoms with E-state index in [4.69, 9.17) is 0 Å². The Labute approximate surface area is 115 Å². The molecule has 1 unspecified atom stereocenters. The molecule has 1 aliphatic heterocycles. The SMILES string of the molecule is CC(C)(C)c1ccccc1NC(=O)CC1CCCN1. The molecular weight excluding hydrogens is 236 g/mol. The predicted molar refractivity (Wildman–Crippen MR) is 79.4 cm³/mol. The van der Waals surface area contributed by atoms with Crippen molar-refractivity contribution in [1.29, 1.82) is 0 Å². The molecule has 0 saturated carbocycles. The summed E-state index contributed by atoms with van der Waals surface area (Å²) >= 11 is 0. The third kappa shape index (κ3) is 3.80. The van der Waals surface area contributed by atoms with Crippen molar-refractivity contribution in [3.8, 4) is 0 Å². The monoisotopic (exact) mass is 260 g/mol. The molecule has 0 bridgehead atoms. The lowest BCUT2D eigenvalue weighted by atomic mass is 9.86. The number of benzene rings is 1. The minimum atomic E-state index is 0.0372. The zero-order chi connectivity index (χ0) is 13.9. The van der Waals surface area contributed by atoms with Crippen LogP contribution in [0.1, 0.15) is 45.6 Å². The van der Waals surface area contributed by atoms with Gasteiger partial charge in [-0.1, -0.05) is 39.0 Å². The van der Waals surface area contributed by atoms with Gasteiger partial charge in [-0.15, -0.1) is 0 Å². The van der Waals surface area contributed by atoms with E-state index in [1.165, 1.54) is 12.0 Å². The molecule has 3 heteroatoms. The zero-order valence-corrected chi connectivity index (χ0v) is 12.1. The van der Waals surface area contributed by atoms with Gasteiger partial charge in [0, 0.05) is 18.2 Å². The molecule has 0 aromatic heterocycles. The molecule has 0 aliphatic carbocycles. The lowest BCUT2D eigenvalue weighted by molar-refractivity contribution is -0.116. The summed E-state index contributed by atoms with van der Waals surface area (Å²) in [7, 11) is 0. The third-order valence-corrected chi connectivity index (χ3v) is 3.60. The van der Waals surface area contributed by atoms with Crippen LogP contribution in [0.15, 0.2) is 24.3 Å². The molecule has 104 valence electrons. The number of rotatable bonds is 3. The first-order chi connectivity index (χ1) is 8.97. The Balaban J connectivity index is 2.04. The van der Waals surface area contributed by atoms with Crippen LogP contribution < -0.4 is 10.6 Å². The number of hydrogen-bond donors (Lipinski definition) is 2. The molecule has 0 radical (unpaired) electrons. The second-order valence-corrected chi connectivity index (χ2v) is 6.34. The number of nitrogens with one attached hydrogen (secondary N) is 2. The van der Waals surface area contributed by atoms with Gasteiger partial charge in [0.2, 0.25) is 5.91 Å². The van der Waals surface area contributed by atoms with E-state index >= 15 is 0 Å². The van der Waals surface area contributed by atoms with Crippen LogP contribution in [0.3, 0.4) is 0 Å². The van der Waals surface area contributed by atoms with Gasteiger partial charge in [-0.2, -0.15) is 0 Å². The fourth-order valence-corrected chi connectivity index (χ4v) is 2.60. The van der Waals surface area contributed by atoms with Gasteiger partial charge < -0.3 is 10.6 Å². The molecule has 19 heavy (non-hydrogen) atoms. The standard InChI is InChI=1S/C16H24N2O/c1-16(2,3)13-8-4-5-9-14(13)18-15(19)11-12-7-6-10-17-12/h4-5,8-9,12,17H,6-7,10-11H2,1-3H3,(H,18,19). The van der Waals surface area contributed by atoms with Crippen LogP contribution in [-0.4, -0.2) is 18.5 Å². The van der Waals surface area contributed by atoms with Gasteiger partial charge >= 0.3 is 0 Å². The lowest BCUT2D eigenvalue weighted by Crippen LogP contribution is -2.28. The maximum atomic E-state index is 12.1. The highest BCUT2D eigenvalue weighted by Crippen LogP contribution is 2.29. The fourth-order valence-electron chi connectivity index (χ4n) is 2.60. The number of carbonyl (C=O) groups is 1. The summed E-state index contributed by atoms with van der Waals surface area (Å²) in [4.78, 5) is 12.1. The van der Waals surface area contributed by atoms with Crippen molar-refractivity contribution in [1.82, 2.24) is 5.32 Å². The first-order valence-corrected chi connectivity index (χ1v) is 7.09. The number of para-hydroxylation sites is 1. The molecule has 3 nitrogen and oxygen atoms in total. The van der Waals surface area contributed by atoms with Crippen LogP contribution in [0.5, 0.6) is 0 Å². The Bertz CT molecular complexity index is 442. The lowest BCUT2D eigenvalue weighted by Gasteiger charge is -2.23. The highest BCUT2D eigenvalue weighted by atomic mass is 16.1. The minimum absolute atomic E-state index is 0.0372. The van der Waals surface area contributed by atoms with Crippen LogP contribution >= 0.6 is 0 Å². The second kappa shape index (κ2) is 5.74. The van der Waals surface area contributed by atoms with E-state index in [2.05, 4.69) is 37.5 Å². The van der Waals surface area contributed by atoms with Crippen LogP contribution in [-0.2, 0) is 10.2 Å². The number of hydrogen-bond acceptors (Lipinski definition) is 2. The van der Waals surface area contributed by atoms with Gasteiger partial charge in [0.05, 0.1) is 0 Å². The highest BCUT2D eigenvalue weighted by molar-refractivity contribution is 5.92. The van der Waals surface area contributed by atoms with Crippen molar-refractivity contribution in [2.45, 2.75) is 51.5 Å². The van der Waals surface area contributed by atoms with E-state index in [0.717, 1.165) is 18.7 Å². The van der Waals surface area contributed by atoms with Crippen LogP contribution in [0.25, 0.3) is 0 Å². The molecule has 0 spiro atoms. The maximum Gasteiger partial charge on any atom is 0.225 e. The first kappa shape index (κ1) is 14.1. The van der Waals surface area contributed by atoms with Crippen molar-refractivity contribution in [2.24, 2.45) is 0 Å². The van der Waals surface area contributed by atoms with Crippen LogP contribution in [0, 0.1) is 0 Å². The summed E-state index contributed by atoms with van der Waals surface area (Å²) < 4.78 is 0. The van der Waals surface area contributed by atoms with Gasteiger partial charge in [0.25, 0.3) is 0 Å². The van der Waals surface area contributed by atoms with Gasteiger partial charge in [0.15, 0.2) is 0 Å². The summed E-state index contributed by atoms with van der Waals surface area (Å²) in [6.07, 6.45) is 2.85. The van der Waals surface area contributed by atoms with E-state index in [-0.39, 0.29) is 11.3 Å². The quantitative estimate of drug-likeness (QED) is 0.877.